The molecule has 126 valence electrons. The van der Waals surface area contributed by atoms with Gasteiger partial charge in [0.05, 0.1) is 0 Å². The molecule has 0 aromatic heterocycles. The van der Waals surface area contributed by atoms with Crippen molar-refractivity contribution >= 4 is 11.9 Å². The summed E-state index contributed by atoms with van der Waals surface area (Å²) >= 11 is 0. The molecule has 2 N–H and O–H groups in total. The van der Waals surface area contributed by atoms with Gasteiger partial charge in [-0.15, -0.1) is 0 Å². The highest BCUT2D eigenvalue weighted by atomic mass is 16.2. The minimum atomic E-state index is 0.250. The maximum atomic E-state index is 11.7. The molecule has 0 aliphatic carbocycles. The van der Waals surface area contributed by atoms with Gasteiger partial charge in [-0.1, -0.05) is 6.92 Å². The van der Waals surface area contributed by atoms with Crippen molar-refractivity contribution in [3.63, 3.8) is 0 Å². The number of hydrogen-bond acceptors (Lipinski definition) is 3. The van der Waals surface area contributed by atoms with Crippen LogP contribution in [0.3, 0.4) is 0 Å². The Morgan fingerprint density at radius 3 is 2.68 bits per heavy atom. The van der Waals surface area contributed by atoms with E-state index in [0.29, 0.717) is 18.4 Å². The quantitative estimate of drug-likeness (QED) is 0.574. The van der Waals surface area contributed by atoms with Crippen molar-refractivity contribution in [3.05, 3.63) is 0 Å². The number of carbonyl (C=O) groups excluding carboxylic acids is 1. The second-order valence-electron chi connectivity index (χ2n) is 6.46. The molecule has 0 aromatic carbocycles. The molecule has 2 aliphatic heterocycles. The van der Waals surface area contributed by atoms with Crippen molar-refractivity contribution in [1.29, 1.82) is 0 Å². The van der Waals surface area contributed by atoms with Crippen LogP contribution in [0, 0.1) is 5.92 Å². The molecule has 2 rings (SSSR count). The van der Waals surface area contributed by atoms with Crippen molar-refractivity contribution in [3.8, 4) is 0 Å². The van der Waals surface area contributed by atoms with E-state index < -0.39 is 0 Å². The van der Waals surface area contributed by atoms with E-state index in [1.165, 1.54) is 13.0 Å². The molecule has 2 aliphatic rings. The van der Waals surface area contributed by atoms with Gasteiger partial charge in [0, 0.05) is 45.2 Å². The molecule has 0 radical (unpaired) electrons. The van der Waals surface area contributed by atoms with Gasteiger partial charge in [0.2, 0.25) is 5.91 Å². The average molecular weight is 309 g/mol. The van der Waals surface area contributed by atoms with Crippen molar-refractivity contribution in [2.45, 2.75) is 39.2 Å². The zero-order valence-corrected chi connectivity index (χ0v) is 14.3. The fourth-order valence-electron chi connectivity index (χ4n) is 3.24. The summed E-state index contributed by atoms with van der Waals surface area (Å²) in [6, 6.07) is 0.319. The number of hydrogen-bond donors (Lipinski definition) is 2. The Morgan fingerprint density at radius 1 is 1.23 bits per heavy atom. The Bertz CT molecular complexity index is 398. The summed E-state index contributed by atoms with van der Waals surface area (Å²) in [5.41, 5.74) is 0. The summed E-state index contributed by atoms with van der Waals surface area (Å²) < 4.78 is 0. The van der Waals surface area contributed by atoms with Crippen LogP contribution < -0.4 is 10.6 Å². The Kier molecular flexibility index (Phi) is 6.49. The van der Waals surface area contributed by atoms with Gasteiger partial charge in [0.1, 0.15) is 0 Å². The Morgan fingerprint density at radius 2 is 2.05 bits per heavy atom. The predicted molar refractivity (Wildman–Crippen MR) is 90.0 cm³/mol. The van der Waals surface area contributed by atoms with Gasteiger partial charge >= 0.3 is 0 Å². The molecule has 2 heterocycles. The summed E-state index contributed by atoms with van der Waals surface area (Å²) in [5.74, 6) is 1.82. The maximum Gasteiger partial charge on any atom is 0.222 e. The zero-order chi connectivity index (χ0) is 15.9. The molecule has 0 aromatic rings. The molecular weight excluding hydrogens is 278 g/mol. The van der Waals surface area contributed by atoms with Gasteiger partial charge < -0.3 is 20.4 Å². The molecule has 2 fully saturated rings. The maximum absolute atomic E-state index is 11.7. The number of guanidine groups is 1. The van der Waals surface area contributed by atoms with Crippen LogP contribution in [0.5, 0.6) is 0 Å². The van der Waals surface area contributed by atoms with E-state index in [-0.39, 0.29) is 5.91 Å². The number of rotatable bonds is 5. The summed E-state index contributed by atoms with van der Waals surface area (Å²) in [6.45, 7) is 9.73. The van der Waals surface area contributed by atoms with Gasteiger partial charge in [-0.05, 0) is 39.3 Å². The van der Waals surface area contributed by atoms with Crippen LogP contribution in [0.1, 0.15) is 33.1 Å². The lowest BCUT2D eigenvalue weighted by Crippen LogP contribution is -2.45. The first-order valence-electron chi connectivity index (χ1n) is 8.63. The van der Waals surface area contributed by atoms with Crippen LogP contribution in [0.25, 0.3) is 0 Å². The Hall–Kier alpha value is -1.30. The normalized spacial score (nSPS) is 26.5. The van der Waals surface area contributed by atoms with Gasteiger partial charge in [0.15, 0.2) is 5.96 Å². The molecule has 2 atom stereocenters. The number of carbonyl (C=O) groups is 1. The third kappa shape index (κ3) is 4.87. The summed E-state index contributed by atoms with van der Waals surface area (Å²) in [5, 5.41) is 6.82. The summed E-state index contributed by atoms with van der Waals surface area (Å²) in [4.78, 5) is 20.8. The molecule has 1 amide bonds. The fraction of sp³-hybridized carbons (Fsp3) is 0.875. The fourth-order valence-corrected chi connectivity index (χ4v) is 3.24. The smallest absolute Gasteiger partial charge is 0.222 e. The van der Waals surface area contributed by atoms with E-state index in [2.05, 4.69) is 29.5 Å². The van der Waals surface area contributed by atoms with E-state index in [1.54, 1.807) is 0 Å². The third-order valence-electron chi connectivity index (χ3n) is 4.53. The molecule has 0 saturated carbocycles. The molecule has 22 heavy (non-hydrogen) atoms. The van der Waals surface area contributed by atoms with Gasteiger partial charge in [-0.3, -0.25) is 9.79 Å². The second-order valence-corrected chi connectivity index (χ2v) is 6.46. The van der Waals surface area contributed by atoms with Crippen LogP contribution in [0.4, 0.5) is 0 Å². The van der Waals surface area contributed by atoms with Crippen LogP contribution in [0.2, 0.25) is 0 Å². The molecule has 6 nitrogen and oxygen atoms in total. The van der Waals surface area contributed by atoms with E-state index in [1.807, 2.05) is 11.8 Å². The van der Waals surface area contributed by atoms with E-state index in [4.69, 9.17) is 4.99 Å². The van der Waals surface area contributed by atoms with Crippen LogP contribution >= 0.6 is 0 Å². The predicted octanol–water partition coefficient (Wildman–Crippen LogP) is 0.504. The van der Waals surface area contributed by atoms with Gasteiger partial charge in [-0.25, -0.2) is 0 Å². The number of aliphatic imine (C=N–C) groups is 1. The van der Waals surface area contributed by atoms with Crippen LogP contribution in [-0.4, -0.2) is 74.0 Å². The van der Waals surface area contributed by atoms with Gasteiger partial charge in [-0.2, -0.15) is 0 Å². The topological polar surface area (TPSA) is 60.0 Å². The minimum Gasteiger partial charge on any atom is -0.357 e. The highest BCUT2D eigenvalue weighted by molar-refractivity contribution is 5.80. The Labute approximate surface area is 134 Å². The monoisotopic (exact) mass is 309 g/mol. The van der Waals surface area contributed by atoms with E-state index in [9.17, 15) is 4.79 Å². The largest absolute Gasteiger partial charge is 0.357 e. The van der Waals surface area contributed by atoms with E-state index >= 15 is 0 Å². The van der Waals surface area contributed by atoms with Crippen LogP contribution in [-0.2, 0) is 4.79 Å². The molecule has 6 heteroatoms. The molecule has 0 bridgehead atoms. The lowest BCUT2D eigenvalue weighted by atomic mass is 10.1. The first kappa shape index (κ1) is 17.1. The number of nitrogens with one attached hydrogen (secondary N) is 2. The average Bonchev–Trinajstić information content (AvgIpc) is 3.13. The van der Waals surface area contributed by atoms with Crippen molar-refractivity contribution in [2.75, 3.05) is 46.3 Å². The van der Waals surface area contributed by atoms with E-state index in [0.717, 1.165) is 45.1 Å². The molecule has 0 spiro atoms. The third-order valence-corrected chi connectivity index (χ3v) is 4.53. The molecular formula is C16H31N5O. The number of likely N-dealkylation sites (tertiary alicyclic amines) is 2. The highest BCUT2D eigenvalue weighted by Crippen LogP contribution is 2.14. The van der Waals surface area contributed by atoms with Crippen molar-refractivity contribution in [1.82, 2.24) is 20.4 Å². The Balaban J connectivity index is 1.82. The second kappa shape index (κ2) is 8.36. The highest BCUT2D eigenvalue weighted by Gasteiger charge is 2.26. The minimum absolute atomic E-state index is 0.250. The standard InChI is InChI=1S/C16H31N5O/c1-4-15(22)21-9-7-14(12-21)19-16(17-5-2)18-10-13-6-8-20(3)11-13/h13-14H,4-12H2,1-3H3,(H2,17,18,19). The summed E-state index contributed by atoms with van der Waals surface area (Å²) in [6.07, 6.45) is 2.83. The van der Waals surface area contributed by atoms with Crippen molar-refractivity contribution in [2.24, 2.45) is 10.9 Å². The zero-order valence-electron chi connectivity index (χ0n) is 14.3. The first-order valence-corrected chi connectivity index (χ1v) is 8.63. The SMILES string of the molecule is CCNC(=NCC1CCN(C)C1)NC1CCN(C(=O)CC)C1. The lowest BCUT2D eigenvalue weighted by molar-refractivity contribution is -0.129. The number of nitrogens with zero attached hydrogens (tertiary/aromatic N) is 3. The van der Waals surface area contributed by atoms with Crippen molar-refractivity contribution < 1.29 is 4.79 Å². The molecule has 2 saturated heterocycles. The first-order chi connectivity index (χ1) is 10.6. The number of amides is 1. The lowest BCUT2D eigenvalue weighted by Gasteiger charge is -2.19. The molecule has 2 unspecified atom stereocenters. The van der Waals surface area contributed by atoms with Gasteiger partial charge in [0.25, 0.3) is 0 Å². The van der Waals surface area contributed by atoms with Crippen LogP contribution in [0.15, 0.2) is 4.99 Å². The summed E-state index contributed by atoms with van der Waals surface area (Å²) in [7, 11) is 2.17.